The van der Waals surface area contributed by atoms with Gasteiger partial charge in [0.05, 0.1) is 23.9 Å². The summed E-state index contributed by atoms with van der Waals surface area (Å²) in [6, 6.07) is 11.9. The molecule has 0 fully saturated rings. The van der Waals surface area contributed by atoms with Crippen molar-refractivity contribution >= 4 is 28.7 Å². The molecule has 0 aliphatic rings. The number of H-pyrrole nitrogens is 1. The number of carbonyl (C=O) groups excluding carboxylic acids is 2. The third kappa shape index (κ3) is 3.77. The number of anilines is 1. The molecule has 128 valence electrons. The number of nitrogens with one attached hydrogen (secondary N) is 2. The van der Waals surface area contributed by atoms with Crippen LogP contribution in [0.4, 0.5) is 5.69 Å². The van der Waals surface area contributed by atoms with Crippen LogP contribution in [0.1, 0.15) is 22.3 Å². The maximum atomic E-state index is 12.2. The minimum absolute atomic E-state index is 0.225. The fourth-order valence-electron chi connectivity index (χ4n) is 2.51. The number of oxazole rings is 1. The number of hydrogen-bond donors (Lipinski definition) is 2. The van der Waals surface area contributed by atoms with E-state index in [-0.39, 0.29) is 12.3 Å². The highest BCUT2D eigenvalue weighted by Gasteiger charge is 2.13. The minimum Gasteiger partial charge on any atom is -0.465 e. The van der Waals surface area contributed by atoms with E-state index in [4.69, 9.17) is 9.15 Å². The molecule has 1 amide bonds. The zero-order valence-corrected chi connectivity index (χ0v) is 13.5. The molecule has 0 unspecified atom stereocenters. The lowest BCUT2D eigenvalue weighted by Crippen LogP contribution is -2.15. The lowest BCUT2D eigenvalue weighted by Gasteiger charge is -2.09. The monoisotopic (exact) mass is 340 g/mol. The van der Waals surface area contributed by atoms with E-state index in [1.165, 1.54) is 7.11 Å². The third-order valence-corrected chi connectivity index (χ3v) is 3.73. The first-order valence-corrected chi connectivity index (χ1v) is 7.66. The highest BCUT2D eigenvalue weighted by Crippen LogP contribution is 2.17. The van der Waals surface area contributed by atoms with E-state index in [1.807, 2.05) is 0 Å². The molecule has 0 saturated carbocycles. The van der Waals surface area contributed by atoms with Gasteiger partial charge >= 0.3 is 11.7 Å². The summed E-state index contributed by atoms with van der Waals surface area (Å²) < 4.78 is 9.64. The van der Waals surface area contributed by atoms with Crippen LogP contribution in [-0.2, 0) is 16.0 Å². The van der Waals surface area contributed by atoms with Crippen molar-refractivity contribution in [1.82, 2.24) is 4.98 Å². The molecule has 0 saturated heterocycles. The van der Waals surface area contributed by atoms with Gasteiger partial charge in [-0.3, -0.25) is 9.78 Å². The van der Waals surface area contributed by atoms with Gasteiger partial charge in [0, 0.05) is 6.42 Å². The quantitative estimate of drug-likeness (QED) is 0.695. The molecule has 7 heteroatoms. The van der Waals surface area contributed by atoms with Gasteiger partial charge in [-0.1, -0.05) is 18.2 Å². The molecule has 3 aromatic rings. The highest BCUT2D eigenvalue weighted by molar-refractivity contribution is 6.01. The van der Waals surface area contributed by atoms with Gasteiger partial charge in [-0.15, -0.1) is 0 Å². The van der Waals surface area contributed by atoms with E-state index in [0.29, 0.717) is 28.8 Å². The van der Waals surface area contributed by atoms with Crippen molar-refractivity contribution in [3.63, 3.8) is 0 Å². The van der Waals surface area contributed by atoms with Gasteiger partial charge in [-0.05, 0) is 36.2 Å². The topological polar surface area (TPSA) is 101 Å². The number of amides is 1. The van der Waals surface area contributed by atoms with Crippen molar-refractivity contribution < 1.29 is 18.7 Å². The number of rotatable bonds is 5. The molecule has 0 spiro atoms. The number of hydrogen-bond acceptors (Lipinski definition) is 5. The highest BCUT2D eigenvalue weighted by atomic mass is 16.5. The largest absolute Gasteiger partial charge is 0.465 e. The molecule has 2 aromatic carbocycles. The maximum Gasteiger partial charge on any atom is 0.417 e. The van der Waals surface area contributed by atoms with Crippen molar-refractivity contribution in [3.05, 3.63) is 64.1 Å². The molecule has 3 rings (SSSR count). The summed E-state index contributed by atoms with van der Waals surface area (Å²) >= 11 is 0. The number of aromatic amines is 1. The Labute approximate surface area is 142 Å². The molecule has 1 aromatic heterocycles. The van der Waals surface area contributed by atoms with Gasteiger partial charge in [0.15, 0.2) is 5.58 Å². The summed E-state index contributed by atoms with van der Waals surface area (Å²) in [5, 5.41) is 2.72. The fourth-order valence-corrected chi connectivity index (χ4v) is 2.51. The first kappa shape index (κ1) is 16.5. The molecule has 25 heavy (non-hydrogen) atoms. The minimum atomic E-state index is -0.510. The number of ether oxygens (including phenoxy) is 1. The summed E-state index contributed by atoms with van der Waals surface area (Å²) in [7, 11) is 1.29. The number of benzene rings is 2. The number of methoxy groups -OCH3 is 1. The van der Waals surface area contributed by atoms with Crippen molar-refractivity contribution in [2.45, 2.75) is 12.8 Å². The average Bonchev–Trinajstić information content (AvgIpc) is 2.99. The molecular formula is C18H16N2O5. The molecule has 0 aliphatic carbocycles. The maximum absolute atomic E-state index is 12.2. The van der Waals surface area contributed by atoms with Crippen molar-refractivity contribution in [2.24, 2.45) is 0 Å². The molecule has 0 bridgehead atoms. The Balaban J connectivity index is 1.66. The summed E-state index contributed by atoms with van der Waals surface area (Å²) in [5.41, 5.74) is 2.68. The number of aromatic nitrogens is 1. The second kappa shape index (κ2) is 7.04. The van der Waals surface area contributed by atoms with E-state index in [1.54, 1.807) is 42.5 Å². The molecule has 2 N–H and O–H groups in total. The number of aryl methyl sites for hydroxylation is 1. The van der Waals surface area contributed by atoms with E-state index >= 15 is 0 Å². The summed E-state index contributed by atoms with van der Waals surface area (Å²) in [6.07, 6.45) is 0.707. The van der Waals surface area contributed by atoms with E-state index in [9.17, 15) is 14.4 Å². The predicted molar refractivity (Wildman–Crippen MR) is 91.6 cm³/mol. The van der Waals surface area contributed by atoms with Crippen LogP contribution in [0.2, 0.25) is 0 Å². The van der Waals surface area contributed by atoms with Crippen LogP contribution in [0.3, 0.4) is 0 Å². The summed E-state index contributed by atoms with van der Waals surface area (Å²) in [4.78, 5) is 37.6. The Morgan fingerprint density at radius 3 is 2.80 bits per heavy atom. The van der Waals surface area contributed by atoms with Crippen LogP contribution in [0.5, 0.6) is 0 Å². The Morgan fingerprint density at radius 2 is 2.00 bits per heavy atom. The zero-order valence-electron chi connectivity index (χ0n) is 13.5. The lowest BCUT2D eigenvalue weighted by atomic mass is 10.1. The first-order valence-electron chi connectivity index (χ1n) is 7.66. The van der Waals surface area contributed by atoms with Gasteiger partial charge in [-0.25, -0.2) is 9.59 Å². The van der Waals surface area contributed by atoms with Gasteiger partial charge in [0.1, 0.15) is 0 Å². The SMILES string of the molecule is COC(=O)c1ccccc1NC(=O)CCc1ccc2oc(=O)[nH]c2c1. The standard InChI is InChI=1S/C18H16N2O5/c1-24-17(22)12-4-2-3-5-13(12)19-16(21)9-7-11-6-8-15-14(10-11)20-18(23)25-15/h2-6,8,10H,7,9H2,1H3,(H,19,21)(H,20,23). The third-order valence-electron chi connectivity index (χ3n) is 3.73. The molecule has 0 atom stereocenters. The molecule has 1 heterocycles. The van der Waals surface area contributed by atoms with Crippen molar-refractivity contribution in [3.8, 4) is 0 Å². The van der Waals surface area contributed by atoms with Crippen LogP contribution in [0.15, 0.2) is 51.7 Å². The number of fused-ring (bicyclic) bond motifs is 1. The Morgan fingerprint density at radius 1 is 1.20 bits per heavy atom. The smallest absolute Gasteiger partial charge is 0.417 e. The van der Waals surface area contributed by atoms with E-state index < -0.39 is 11.7 Å². The summed E-state index contributed by atoms with van der Waals surface area (Å²) in [5.74, 6) is -1.24. The van der Waals surface area contributed by atoms with Crippen molar-refractivity contribution in [1.29, 1.82) is 0 Å². The first-order chi connectivity index (χ1) is 12.1. The molecule has 0 aliphatic heterocycles. The van der Waals surface area contributed by atoms with E-state index in [0.717, 1.165) is 5.56 Å². The molecule has 0 radical (unpaired) electrons. The lowest BCUT2D eigenvalue weighted by molar-refractivity contribution is -0.116. The van der Waals surface area contributed by atoms with Gasteiger partial charge in [0.2, 0.25) is 5.91 Å². The van der Waals surface area contributed by atoms with Crippen LogP contribution in [0, 0.1) is 0 Å². The number of carbonyl (C=O) groups is 2. The fraction of sp³-hybridized carbons (Fsp3) is 0.167. The zero-order chi connectivity index (χ0) is 17.8. The Hall–Kier alpha value is -3.35. The normalized spacial score (nSPS) is 10.6. The Kier molecular flexibility index (Phi) is 4.65. The predicted octanol–water partition coefficient (Wildman–Crippen LogP) is 2.48. The van der Waals surface area contributed by atoms with Crippen molar-refractivity contribution in [2.75, 3.05) is 12.4 Å². The Bertz CT molecular complexity index is 986. The molecule has 7 nitrogen and oxygen atoms in total. The van der Waals surface area contributed by atoms with Gasteiger partial charge < -0.3 is 14.5 Å². The van der Waals surface area contributed by atoms with E-state index in [2.05, 4.69) is 10.3 Å². The van der Waals surface area contributed by atoms with Crippen LogP contribution in [-0.4, -0.2) is 24.0 Å². The van der Waals surface area contributed by atoms with Crippen LogP contribution >= 0.6 is 0 Å². The second-order valence-corrected chi connectivity index (χ2v) is 5.43. The number of esters is 1. The van der Waals surface area contributed by atoms with Gasteiger partial charge in [-0.2, -0.15) is 0 Å². The average molecular weight is 340 g/mol. The van der Waals surface area contributed by atoms with Gasteiger partial charge in [0.25, 0.3) is 0 Å². The van der Waals surface area contributed by atoms with Crippen LogP contribution < -0.4 is 11.1 Å². The summed E-state index contributed by atoms with van der Waals surface area (Å²) in [6.45, 7) is 0. The van der Waals surface area contributed by atoms with Crippen LogP contribution in [0.25, 0.3) is 11.1 Å². The number of para-hydroxylation sites is 1. The molecular weight excluding hydrogens is 324 g/mol. The second-order valence-electron chi connectivity index (χ2n) is 5.43.